The molecule has 0 unspecified atom stereocenters. The molecule has 1 amide bonds. The lowest BCUT2D eigenvalue weighted by molar-refractivity contribution is 0.102. The molecule has 1 aliphatic rings. The summed E-state index contributed by atoms with van der Waals surface area (Å²) in [4.78, 5) is 18.8. The van der Waals surface area contributed by atoms with Crippen molar-refractivity contribution in [3.63, 3.8) is 0 Å². The van der Waals surface area contributed by atoms with E-state index in [9.17, 15) is 4.79 Å². The third kappa shape index (κ3) is 3.45. The Balaban J connectivity index is 1.66. The predicted molar refractivity (Wildman–Crippen MR) is 89.4 cm³/mol. The third-order valence-electron chi connectivity index (χ3n) is 3.97. The fraction of sp³-hybridized carbons (Fsp3) is 0.333. The number of hydrogen-bond donors (Lipinski definition) is 1. The number of aryl methyl sites for hydroxylation is 1. The Hall–Kier alpha value is -2.36. The number of rotatable bonds is 3. The van der Waals surface area contributed by atoms with Gasteiger partial charge in [0.2, 0.25) is 0 Å². The van der Waals surface area contributed by atoms with Gasteiger partial charge in [-0.15, -0.1) is 0 Å². The molecule has 0 bridgehead atoms. The highest BCUT2D eigenvalue weighted by molar-refractivity contribution is 6.02. The third-order valence-corrected chi connectivity index (χ3v) is 3.97. The second-order valence-corrected chi connectivity index (χ2v) is 5.71. The number of benzene rings is 1. The van der Waals surface area contributed by atoms with Crippen molar-refractivity contribution in [1.82, 2.24) is 4.98 Å². The summed E-state index contributed by atoms with van der Waals surface area (Å²) in [5.74, 6) is -0.172. The van der Waals surface area contributed by atoms with E-state index in [1.165, 1.54) is 24.9 Å². The van der Waals surface area contributed by atoms with Gasteiger partial charge in [0.15, 0.2) is 0 Å². The van der Waals surface area contributed by atoms with E-state index in [1.807, 2.05) is 31.2 Å². The summed E-state index contributed by atoms with van der Waals surface area (Å²) in [6.07, 6.45) is 3.85. The molecule has 1 saturated heterocycles. The number of nitrogens with zero attached hydrogens (tertiary/aromatic N) is 2. The Kier molecular flexibility index (Phi) is 4.37. The van der Waals surface area contributed by atoms with Crippen LogP contribution in [0.1, 0.15) is 35.4 Å². The van der Waals surface area contributed by atoms with E-state index in [4.69, 9.17) is 0 Å². The van der Waals surface area contributed by atoms with Crippen molar-refractivity contribution in [3.8, 4) is 0 Å². The van der Waals surface area contributed by atoms with Gasteiger partial charge in [0.25, 0.3) is 5.91 Å². The van der Waals surface area contributed by atoms with Crippen molar-refractivity contribution in [1.29, 1.82) is 0 Å². The zero-order valence-corrected chi connectivity index (χ0v) is 12.9. The van der Waals surface area contributed by atoms with Crippen LogP contribution in [0.15, 0.2) is 42.5 Å². The quantitative estimate of drug-likeness (QED) is 0.940. The number of carbonyl (C=O) groups is 1. The molecule has 0 radical (unpaired) electrons. The van der Waals surface area contributed by atoms with E-state index in [0.717, 1.165) is 24.5 Å². The zero-order valence-electron chi connectivity index (χ0n) is 12.9. The molecule has 2 aromatic rings. The molecule has 2 heterocycles. The van der Waals surface area contributed by atoms with Crippen LogP contribution in [0.3, 0.4) is 0 Å². The molecule has 0 aliphatic carbocycles. The highest BCUT2D eigenvalue weighted by Crippen LogP contribution is 2.22. The smallest absolute Gasteiger partial charge is 0.274 e. The summed E-state index contributed by atoms with van der Waals surface area (Å²) in [6, 6.07) is 13.5. The van der Waals surface area contributed by atoms with Gasteiger partial charge in [-0.2, -0.15) is 0 Å². The van der Waals surface area contributed by atoms with Crippen LogP contribution in [0.25, 0.3) is 0 Å². The summed E-state index contributed by atoms with van der Waals surface area (Å²) in [5.41, 5.74) is 3.31. The number of amides is 1. The van der Waals surface area contributed by atoms with Crippen LogP contribution in [0, 0.1) is 6.92 Å². The van der Waals surface area contributed by atoms with E-state index in [2.05, 4.69) is 27.3 Å². The van der Waals surface area contributed by atoms with Crippen LogP contribution in [-0.2, 0) is 0 Å². The molecule has 4 heteroatoms. The van der Waals surface area contributed by atoms with E-state index < -0.39 is 0 Å². The first-order valence-corrected chi connectivity index (χ1v) is 7.82. The van der Waals surface area contributed by atoms with Crippen LogP contribution in [0.2, 0.25) is 0 Å². The van der Waals surface area contributed by atoms with Gasteiger partial charge >= 0.3 is 0 Å². The van der Waals surface area contributed by atoms with E-state index in [-0.39, 0.29) is 5.91 Å². The highest BCUT2D eigenvalue weighted by Gasteiger charge is 2.11. The maximum Gasteiger partial charge on any atom is 0.274 e. The molecular weight excluding hydrogens is 274 g/mol. The maximum absolute atomic E-state index is 12.2. The summed E-state index contributed by atoms with van der Waals surface area (Å²) < 4.78 is 0. The first kappa shape index (κ1) is 14.6. The molecule has 114 valence electrons. The molecule has 1 fully saturated rings. The molecule has 1 aliphatic heterocycles. The minimum Gasteiger partial charge on any atom is -0.372 e. The van der Waals surface area contributed by atoms with Gasteiger partial charge < -0.3 is 10.2 Å². The van der Waals surface area contributed by atoms with Gasteiger partial charge in [-0.25, -0.2) is 4.98 Å². The molecule has 22 heavy (non-hydrogen) atoms. The van der Waals surface area contributed by atoms with Gasteiger partial charge in [0.05, 0.1) is 0 Å². The predicted octanol–water partition coefficient (Wildman–Crippen LogP) is 3.63. The minimum absolute atomic E-state index is 0.172. The number of carbonyl (C=O) groups excluding carboxylic acids is 1. The molecule has 1 N–H and O–H groups in total. The molecule has 0 spiro atoms. The normalized spacial score (nSPS) is 14.7. The first-order chi connectivity index (χ1) is 10.7. The van der Waals surface area contributed by atoms with Crippen molar-refractivity contribution in [2.75, 3.05) is 23.3 Å². The molecule has 3 rings (SSSR count). The standard InChI is InChI=1S/C18H21N3O/c1-14-6-5-7-17(19-14)18(22)20-15-8-10-16(11-9-15)21-12-3-2-4-13-21/h5-11H,2-4,12-13H2,1H3,(H,20,22). The average molecular weight is 295 g/mol. The van der Waals surface area contributed by atoms with Crippen molar-refractivity contribution >= 4 is 17.3 Å². The van der Waals surface area contributed by atoms with Crippen molar-refractivity contribution < 1.29 is 4.79 Å². The van der Waals surface area contributed by atoms with Crippen molar-refractivity contribution in [2.45, 2.75) is 26.2 Å². The Morgan fingerprint density at radius 3 is 2.45 bits per heavy atom. The number of anilines is 2. The number of hydrogen-bond acceptors (Lipinski definition) is 3. The lowest BCUT2D eigenvalue weighted by Crippen LogP contribution is -2.29. The Bertz CT molecular complexity index is 646. The van der Waals surface area contributed by atoms with Crippen molar-refractivity contribution in [3.05, 3.63) is 53.9 Å². The zero-order chi connectivity index (χ0) is 15.4. The summed E-state index contributed by atoms with van der Waals surface area (Å²) >= 11 is 0. The Morgan fingerprint density at radius 2 is 1.77 bits per heavy atom. The lowest BCUT2D eigenvalue weighted by atomic mass is 10.1. The fourth-order valence-electron chi connectivity index (χ4n) is 2.77. The minimum atomic E-state index is -0.172. The monoisotopic (exact) mass is 295 g/mol. The summed E-state index contributed by atoms with van der Waals surface area (Å²) in [6.45, 7) is 4.13. The first-order valence-electron chi connectivity index (χ1n) is 7.82. The van der Waals surface area contributed by atoms with Gasteiger partial charge in [0.1, 0.15) is 5.69 Å². The van der Waals surface area contributed by atoms with E-state index >= 15 is 0 Å². The largest absolute Gasteiger partial charge is 0.372 e. The van der Waals surface area contributed by atoms with Crippen molar-refractivity contribution in [2.24, 2.45) is 0 Å². The molecular formula is C18H21N3O. The second kappa shape index (κ2) is 6.60. The molecule has 4 nitrogen and oxygen atoms in total. The van der Waals surface area contributed by atoms with E-state index in [0.29, 0.717) is 5.69 Å². The van der Waals surface area contributed by atoms with Gasteiger partial charge in [-0.3, -0.25) is 4.79 Å². The summed E-state index contributed by atoms with van der Waals surface area (Å²) in [5, 5.41) is 2.90. The Labute approximate surface area is 131 Å². The van der Waals surface area contributed by atoms with Gasteiger partial charge in [0, 0.05) is 30.2 Å². The maximum atomic E-state index is 12.2. The van der Waals surface area contributed by atoms with Gasteiger partial charge in [-0.05, 0) is 62.6 Å². The van der Waals surface area contributed by atoms with Crippen LogP contribution in [0.5, 0.6) is 0 Å². The van der Waals surface area contributed by atoms with E-state index in [1.54, 1.807) is 6.07 Å². The molecule has 1 aromatic heterocycles. The average Bonchev–Trinajstić information content (AvgIpc) is 2.56. The molecule has 0 atom stereocenters. The van der Waals surface area contributed by atoms with Crippen LogP contribution in [0.4, 0.5) is 11.4 Å². The number of nitrogens with one attached hydrogen (secondary N) is 1. The number of piperidine rings is 1. The molecule has 1 aromatic carbocycles. The van der Waals surface area contributed by atoms with Gasteiger partial charge in [-0.1, -0.05) is 6.07 Å². The highest BCUT2D eigenvalue weighted by atomic mass is 16.1. The second-order valence-electron chi connectivity index (χ2n) is 5.71. The van der Waals surface area contributed by atoms with Crippen LogP contribution < -0.4 is 10.2 Å². The number of pyridine rings is 1. The summed E-state index contributed by atoms with van der Waals surface area (Å²) in [7, 11) is 0. The Morgan fingerprint density at radius 1 is 1.05 bits per heavy atom. The van der Waals surface area contributed by atoms with Crippen LogP contribution >= 0.6 is 0 Å². The SMILES string of the molecule is Cc1cccc(C(=O)Nc2ccc(N3CCCCC3)cc2)n1. The lowest BCUT2D eigenvalue weighted by Gasteiger charge is -2.28. The molecule has 0 saturated carbocycles. The number of aromatic nitrogens is 1. The fourth-order valence-corrected chi connectivity index (χ4v) is 2.77. The topological polar surface area (TPSA) is 45.2 Å². The van der Waals surface area contributed by atoms with Crippen LogP contribution in [-0.4, -0.2) is 24.0 Å².